The molecule has 37 heavy (non-hydrogen) atoms. The van der Waals surface area contributed by atoms with Gasteiger partial charge in [-0.15, -0.1) is 0 Å². The van der Waals surface area contributed by atoms with Crippen molar-refractivity contribution in [2.45, 2.75) is 13.5 Å². The van der Waals surface area contributed by atoms with Crippen LogP contribution in [0, 0.1) is 6.92 Å². The second kappa shape index (κ2) is 10.2. The van der Waals surface area contributed by atoms with E-state index in [2.05, 4.69) is 9.97 Å². The molecule has 1 saturated heterocycles. The Kier molecular flexibility index (Phi) is 6.68. The average Bonchev–Trinajstić information content (AvgIpc) is 2.94. The number of methoxy groups -OCH3 is 1. The Labute approximate surface area is 213 Å². The molecule has 0 atom stereocenters. The largest absolute Gasteiger partial charge is 0.496 e. The van der Waals surface area contributed by atoms with Crippen molar-refractivity contribution < 1.29 is 14.3 Å². The van der Waals surface area contributed by atoms with E-state index in [1.807, 2.05) is 55.5 Å². The fraction of sp³-hybridized carbons (Fsp3) is 0.250. The van der Waals surface area contributed by atoms with E-state index in [1.165, 1.54) is 4.57 Å². The van der Waals surface area contributed by atoms with Crippen molar-refractivity contribution in [2.75, 3.05) is 33.3 Å². The Hall–Kier alpha value is -4.53. The monoisotopic (exact) mass is 497 g/mol. The van der Waals surface area contributed by atoms with Crippen LogP contribution in [0.3, 0.4) is 0 Å². The van der Waals surface area contributed by atoms with Gasteiger partial charge < -0.3 is 14.5 Å². The lowest BCUT2D eigenvalue weighted by Crippen LogP contribution is -2.51. The van der Waals surface area contributed by atoms with Crippen LogP contribution in [0.25, 0.3) is 11.2 Å². The normalized spacial score (nSPS) is 13.6. The highest BCUT2D eigenvalue weighted by Gasteiger charge is 2.29. The van der Waals surface area contributed by atoms with Gasteiger partial charge in [0, 0.05) is 43.5 Å². The van der Waals surface area contributed by atoms with Gasteiger partial charge in [-0.05, 0) is 37.3 Å². The van der Waals surface area contributed by atoms with Gasteiger partial charge in [0.2, 0.25) is 0 Å². The first-order chi connectivity index (χ1) is 18.0. The number of ether oxygens (including phenoxy) is 1. The summed E-state index contributed by atoms with van der Waals surface area (Å²) in [5.74, 6) is 0.116. The molecule has 1 aliphatic heterocycles. The molecule has 2 amide bonds. The number of hydrogen-bond acceptors (Lipinski definition) is 6. The van der Waals surface area contributed by atoms with E-state index in [0.29, 0.717) is 48.7 Å². The molecule has 1 fully saturated rings. The summed E-state index contributed by atoms with van der Waals surface area (Å²) in [5.41, 5.74) is 2.66. The van der Waals surface area contributed by atoms with E-state index < -0.39 is 11.5 Å². The molecular formula is C28H27N5O4. The van der Waals surface area contributed by atoms with E-state index in [1.54, 1.807) is 35.2 Å². The number of fused-ring (bicyclic) bond motifs is 1. The van der Waals surface area contributed by atoms with Crippen molar-refractivity contribution in [3.63, 3.8) is 0 Å². The van der Waals surface area contributed by atoms with Crippen molar-refractivity contribution in [1.82, 2.24) is 24.3 Å². The van der Waals surface area contributed by atoms with Crippen molar-refractivity contribution >= 4 is 23.0 Å². The summed E-state index contributed by atoms with van der Waals surface area (Å²) in [7, 11) is 1.57. The van der Waals surface area contributed by atoms with Crippen molar-refractivity contribution in [2.24, 2.45) is 0 Å². The van der Waals surface area contributed by atoms with Gasteiger partial charge >= 0.3 is 0 Å². The number of aryl methyl sites for hydroxylation is 1. The van der Waals surface area contributed by atoms with Gasteiger partial charge in [-0.3, -0.25) is 19.0 Å². The molecule has 0 unspecified atom stereocenters. The molecule has 0 N–H and O–H groups in total. The quantitative estimate of drug-likeness (QED) is 0.421. The second-order valence-electron chi connectivity index (χ2n) is 8.96. The first kappa shape index (κ1) is 24.2. The van der Waals surface area contributed by atoms with Crippen molar-refractivity contribution in [1.29, 1.82) is 0 Å². The molecular weight excluding hydrogens is 470 g/mol. The Balaban J connectivity index is 1.40. The molecule has 0 spiro atoms. The summed E-state index contributed by atoms with van der Waals surface area (Å²) in [6.45, 7) is 3.54. The number of carbonyl (C=O) groups excluding carboxylic acids is 2. The molecule has 3 heterocycles. The average molecular weight is 498 g/mol. The van der Waals surface area contributed by atoms with E-state index in [9.17, 15) is 14.4 Å². The number of nitrogens with zero attached hydrogens (tertiary/aromatic N) is 5. The number of piperazine rings is 1. The fourth-order valence-corrected chi connectivity index (χ4v) is 4.51. The molecule has 9 nitrogen and oxygen atoms in total. The summed E-state index contributed by atoms with van der Waals surface area (Å²) in [4.78, 5) is 52.0. The zero-order valence-corrected chi connectivity index (χ0v) is 20.8. The lowest BCUT2D eigenvalue weighted by Gasteiger charge is -2.34. The molecule has 0 bridgehead atoms. The third kappa shape index (κ3) is 4.80. The number of aromatic nitrogens is 3. The summed E-state index contributed by atoms with van der Waals surface area (Å²) in [6.07, 6.45) is 1.59. The van der Waals surface area contributed by atoms with Gasteiger partial charge in [0.25, 0.3) is 17.4 Å². The molecule has 5 rings (SSSR count). The van der Waals surface area contributed by atoms with Crippen LogP contribution in [0.2, 0.25) is 0 Å². The van der Waals surface area contributed by atoms with Crippen LogP contribution in [0.1, 0.15) is 32.0 Å². The maximum Gasteiger partial charge on any atom is 0.284 e. The third-order valence-electron chi connectivity index (χ3n) is 6.58. The van der Waals surface area contributed by atoms with E-state index in [4.69, 9.17) is 4.74 Å². The highest BCUT2D eigenvalue weighted by atomic mass is 16.5. The molecule has 2 aromatic carbocycles. The van der Waals surface area contributed by atoms with Gasteiger partial charge in [0.1, 0.15) is 11.3 Å². The van der Waals surface area contributed by atoms with Crippen molar-refractivity contribution in [3.8, 4) is 5.75 Å². The summed E-state index contributed by atoms with van der Waals surface area (Å²) < 4.78 is 6.91. The molecule has 1 aliphatic rings. The maximum absolute atomic E-state index is 13.6. The van der Waals surface area contributed by atoms with Gasteiger partial charge in [0.15, 0.2) is 11.3 Å². The van der Waals surface area contributed by atoms with E-state index in [0.717, 1.165) is 11.1 Å². The maximum atomic E-state index is 13.6. The Morgan fingerprint density at radius 1 is 0.892 bits per heavy atom. The molecule has 188 valence electrons. The lowest BCUT2D eigenvalue weighted by atomic mass is 10.1. The lowest BCUT2D eigenvalue weighted by molar-refractivity contribution is 0.0531. The van der Waals surface area contributed by atoms with Crippen LogP contribution in [0.15, 0.2) is 71.7 Å². The van der Waals surface area contributed by atoms with Crippen LogP contribution in [0.4, 0.5) is 0 Å². The number of para-hydroxylation sites is 1. The van der Waals surface area contributed by atoms with Gasteiger partial charge in [-0.2, -0.15) is 0 Å². The minimum Gasteiger partial charge on any atom is -0.496 e. The first-order valence-corrected chi connectivity index (χ1v) is 12.1. The number of carbonyl (C=O) groups is 2. The van der Waals surface area contributed by atoms with Crippen LogP contribution in [-0.4, -0.2) is 69.4 Å². The van der Waals surface area contributed by atoms with Gasteiger partial charge in [0.05, 0.1) is 13.7 Å². The second-order valence-corrected chi connectivity index (χ2v) is 8.96. The van der Waals surface area contributed by atoms with Crippen LogP contribution in [0.5, 0.6) is 5.75 Å². The van der Waals surface area contributed by atoms with Crippen LogP contribution in [-0.2, 0) is 6.54 Å². The highest BCUT2D eigenvalue weighted by Crippen LogP contribution is 2.20. The molecule has 4 aromatic rings. The zero-order valence-electron chi connectivity index (χ0n) is 20.8. The number of pyridine rings is 1. The van der Waals surface area contributed by atoms with Crippen LogP contribution < -0.4 is 10.3 Å². The zero-order chi connectivity index (χ0) is 25.9. The smallest absolute Gasteiger partial charge is 0.284 e. The predicted molar refractivity (Wildman–Crippen MR) is 139 cm³/mol. The molecule has 2 aromatic heterocycles. The molecule has 0 saturated carbocycles. The van der Waals surface area contributed by atoms with Gasteiger partial charge in [-0.1, -0.05) is 35.9 Å². The summed E-state index contributed by atoms with van der Waals surface area (Å²) in [5, 5.41) is 0. The van der Waals surface area contributed by atoms with Crippen molar-refractivity contribution in [3.05, 3.63) is 99.6 Å². The third-order valence-corrected chi connectivity index (χ3v) is 6.58. The van der Waals surface area contributed by atoms with E-state index >= 15 is 0 Å². The Bertz CT molecular complexity index is 1520. The summed E-state index contributed by atoms with van der Waals surface area (Å²) in [6, 6.07) is 18.3. The Morgan fingerprint density at radius 2 is 1.57 bits per heavy atom. The standard InChI is InChI=1S/C28H27N5O4/c1-19-9-11-20(12-10-19)26(34)31-14-16-32(17-15-31)27(35)24-28(36)33(25-22(30-24)7-5-13-29-25)18-21-6-3-4-8-23(21)37-2/h3-13H,14-18H2,1-2H3. The molecule has 0 aliphatic carbocycles. The number of benzene rings is 2. The predicted octanol–water partition coefficient (Wildman–Crippen LogP) is 2.76. The van der Waals surface area contributed by atoms with Gasteiger partial charge in [-0.25, -0.2) is 9.97 Å². The van der Waals surface area contributed by atoms with E-state index in [-0.39, 0.29) is 18.1 Å². The minimum atomic E-state index is -0.514. The topological polar surface area (TPSA) is 97.6 Å². The first-order valence-electron chi connectivity index (χ1n) is 12.1. The number of amides is 2. The summed E-state index contributed by atoms with van der Waals surface area (Å²) >= 11 is 0. The molecule has 0 radical (unpaired) electrons. The highest BCUT2D eigenvalue weighted by molar-refractivity contribution is 5.95. The number of hydrogen-bond donors (Lipinski definition) is 0. The fourth-order valence-electron chi connectivity index (χ4n) is 4.51. The van der Waals surface area contributed by atoms with Crippen LogP contribution >= 0.6 is 0 Å². The SMILES string of the molecule is COc1ccccc1Cn1c(=O)c(C(=O)N2CCN(C(=O)c3ccc(C)cc3)CC2)nc2cccnc21. The number of rotatable bonds is 5. The minimum absolute atomic E-state index is 0.0684. The molecule has 9 heteroatoms. The Morgan fingerprint density at radius 3 is 2.27 bits per heavy atom.